The van der Waals surface area contributed by atoms with Gasteiger partial charge in [0, 0.05) is 11.1 Å². The van der Waals surface area contributed by atoms with Crippen molar-refractivity contribution in [3.05, 3.63) is 16.3 Å². The van der Waals surface area contributed by atoms with Crippen molar-refractivity contribution < 1.29 is 14.4 Å². The van der Waals surface area contributed by atoms with Crippen molar-refractivity contribution in [1.82, 2.24) is 5.16 Å². The fraction of sp³-hybridized carbons (Fsp3) is 0.500. The molecule has 1 aromatic heterocycles. The Kier molecular flexibility index (Phi) is 2.81. The van der Waals surface area contributed by atoms with Crippen molar-refractivity contribution in [2.75, 3.05) is 0 Å². The summed E-state index contributed by atoms with van der Waals surface area (Å²) in [6.45, 7) is 7.57. The van der Waals surface area contributed by atoms with E-state index in [1.807, 2.05) is 0 Å². The minimum absolute atomic E-state index is 0.198. The summed E-state index contributed by atoms with van der Waals surface area (Å²) in [5.74, 6) is -0.607. The van der Waals surface area contributed by atoms with Gasteiger partial charge in [-0.05, 0) is 25.7 Å². The molecule has 2 rings (SSSR count). The number of carboxylic acid groups (broad SMARTS) is 1. The van der Waals surface area contributed by atoms with Gasteiger partial charge in [-0.3, -0.25) is 4.79 Å². The highest BCUT2D eigenvalue weighted by Gasteiger charge is 2.28. The molecule has 1 fully saturated rings. The molecular formula is C12H15NO3. The molecule has 16 heavy (non-hydrogen) atoms. The maximum absolute atomic E-state index is 10.8. The van der Waals surface area contributed by atoms with Crippen LogP contribution in [0.1, 0.15) is 37.3 Å². The lowest BCUT2D eigenvalue weighted by Crippen LogP contribution is -2.26. The number of hydrogen-bond acceptors (Lipinski definition) is 3. The number of carboxylic acids is 1. The highest BCUT2D eigenvalue weighted by Crippen LogP contribution is 2.33. The number of rotatable bonds is 2. The monoisotopic (exact) mass is 221 g/mol. The van der Waals surface area contributed by atoms with Gasteiger partial charge in [0.1, 0.15) is 0 Å². The van der Waals surface area contributed by atoms with Crippen LogP contribution in [0.3, 0.4) is 0 Å². The molecule has 0 bridgehead atoms. The Bertz CT molecular complexity index is 483. The van der Waals surface area contributed by atoms with Gasteiger partial charge < -0.3 is 9.63 Å². The van der Waals surface area contributed by atoms with E-state index in [0.717, 1.165) is 23.8 Å². The molecule has 0 spiro atoms. The van der Waals surface area contributed by atoms with Gasteiger partial charge in [-0.1, -0.05) is 18.3 Å². The predicted molar refractivity (Wildman–Crippen MR) is 59.1 cm³/mol. The maximum Gasteiger partial charge on any atom is 0.306 e. The standard InChI is InChI=1S/C12H15NO3/c1-7-8(2)16-13-11(7)9-3-5-10(6-4-9)12(14)15/h9-10H,1-6H2,(H,14,15). The van der Waals surface area contributed by atoms with E-state index in [1.54, 1.807) is 0 Å². The molecule has 1 aromatic rings. The summed E-state index contributed by atoms with van der Waals surface area (Å²) in [5, 5.41) is 13.6. The van der Waals surface area contributed by atoms with Crippen molar-refractivity contribution in [3.8, 4) is 0 Å². The van der Waals surface area contributed by atoms with E-state index < -0.39 is 5.97 Å². The SMILES string of the molecule is C=c1onc(C2CCC(C(=O)O)CC2)c1=C. The van der Waals surface area contributed by atoms with Crippen molar-refractivity contribution in [3.63, 3.8) is 0 Å². The van der Waals surface area contributed by atoms with Gasteiger partial charge in [-0.15, -0.1) is 0 Å². The summed E-state index contributed by atoms with van der Waals surface area (Å²) in [4.78, 5) is 10.8. The molecular weight excluding hydrogens is 206 g/mol. The first-order valence-corrected chi connectivity index (χ1v) is 5.46. The second kappa shape index (κ2) is 4.12. The number of aromatic nitrogens is 1. The molecule has 0 saturated heterocycles. The van der Waals surface area contributed by atoms with E-state index in [9.17, 15) is 4.79 Å². The van der Waals surface area contributed by atoms with Crippen LogP contribution in [0.2, 0.25) is 0 Å². The fourth-order valence-corrected chi connectivity index (χ4v) is 2.29. The number of hydrogen-bond donors (Lipinski definition) is 1. The van der Waals surface area contributed by atoms with Gasteiger partial charge in [0.25, 0.3) is 0 Å². The third-order valence-corrected chi connectivity index (χ3v) is 3.36. The molecule has 0 atom stereocenters. The number of nitrogens with zero attached hydrogens (tertiary/aromatic N) is 1. The highest BCUT2D eigenvalue weighted by atomic mass is 16.5. The lowest BCUT2D eigenvalue weighted by Gasteiger charge is -2.24. The van der Waals surface area contributed by atoms with Crippen LogP contribution in [0.25, 0.3) is 13.2 Å². The van der Waals surface area contributed by atoms with E-state index in [-0.39, 0.29) is 11.8 Å². The van der Waals surface area contributed by atoms with E-state index in [4.69, 9.17) is 9.63 Å². The van der Waals surface area contributed by atoms with E-state index >= 15 is 0 Å². The van der Waals surface area contributed by atoms with Crippen molar-refractivity contribution in [2.24, 2.45) is 5.92 Å². The Morgan fingerprint density at radius 1 is 1.31 bits per heavy atom. The zero-order chi connectivity index (χ0) is 11.7. The van der Waals surface area contributed by atoms with Gasteiger partial charge >= 0.3 is 5.97 Å². The third-order valence-electron chi connectivity index (χ3n) is 3.36. The van der Waals surface area contributed by atoms with E-state index in [1.165, 1.54) is 0 Å². The molecule has 86 valence electrons. The zero-order valence-electron chi connectivity index (χ0n) is 9.11. The first-order chi connectivity index (χ1) is 7.59. The average Bonchev–Trinajstić information content (AvgIpc) is 2.60. The van der Waals surface area contributed by atoms with Crippen LogP contribution < -0.4 is 10.6 Å². The fourth-order valence-electron chi connectivity index (χ4n) is 2.29. The van der Waals surface area contributed by atoms with Crippen LogP contribution >= 0.6 is 0 Å². The Morgan fingerprint density at radius 3 is 2.38 bits per heavy atom. The molecule has 1 N–H and O–H groups in total. The molecule has 4 heteroatoms. The second-order valence-electron chi connectivity index (χ2n) is 4.36. The van der Waals surface area contributed by atoms with Crippen molar-refractivity contribution in [1.29, 1.82) is 0 Å². The summed E-state index contributed by atoms with van der Waals surface area (Å²) in [6, 6.07) is 0. The normalized spacial score (nSPS) is 25.5. The highest BCUT2D eigenvalue weighted by molar-refractivity contribution is 5.70. The number of carbonyl (C=O) groups is 1. The van der Waals surface area contributed by atoms with Crippen LogP contribution in [0.4, 0.5) is 0 Å². The lowest BCUT2D eigenvalue weighted by molar-refractivity contribution is -0.142. The quantitative estimate of drug-likeness (QED) is 0.804. The molecule has 1 aliphatic carbocycles. The van der Waals surface area contributed by atoms with Gasteiger partial charge in [-0.2, -0.15) is 0 Å². The van der Waals surface area contributed by atoms with Gasteiger partial charge in [0.15, 0.2) is 5.42 Å². The zero-order valence-corrected chi connectivity index (χ0v) is 9.11. The van der Waals surface area contributed by atoms with E-state index in [2.05, 4.69) is 18.3 Å². The molecule has 1 saturated carbocycles. The molecule has 0 aromatic carbocycles. The minimum Gasteiger partial charge on any atom is -0.481 e. The predicted octanol–water partition coefficient (Wildman–Crippen LogP) is 0.854. The van der Waals surface area contributed by atoms with Crippen molar-refractivity contribution in [2.45, 2.75) is 31.6 Å². The van der Waals surface area contributed by atoms with Crippen molar-refractivity contribution >= 4 is 19.1 Å². The molecule has 0 aliphatic heterocycles. The Morgan fingerprint density at radius 2 is 1.94 bits per heavy atom. The van der Waals surface area contributed by atoms with Crippen LogP contribution in [-0.4, -0.2) is 16.2 Å². The molecule has 4 nitrogen and oxygen atoms in total. The largest absolute Gasteiger partial charge is 0.481 e. The third kappa shape index (κ3) is 1.87. The first-order valence-electron chi connectivity index (χ1n) is 5.46. The summed E-state index contributed by atoms with van der Waals surface area (Å²) >= 11 is 0. The smallest absolute Gasteiger partial charge is 0.306 e. The number of aliphatic carboxylic acids is 1. The second-order valence-corrected chi connectivity index (χ2v) is 4.36. The van der Waals surface area contributed by atoms with Crippen LogP contribution in [0.15, 0.2) is 4.52 Å². The maximum atomic E-state index is 10.8. The molecule has 1 heterocycles. The van der Waals surface area contributed by atoms with Gasteiger partial charge in [0.05, 0.1) is 11.6 Å². The molecule has 0 amide bonds. The Labute approximate surface area is 93.3 Å². The van der Waals surface area contributed by atoms with Crippen LogP contribution in [-0.2, 0) is 4.79 Å². The van der Waals surface area contributed by atoms with E-state index in [0.29, 0.717) is 18.3 Å². The van der Waals surface area contributed by atoms with Crippen LogP contribution in [0, 0.1) is 5.92 Å². The average molecular weight is 221 g/mol. The van der Waals surface area contributed by atoms with Gasteiger partial charge in [0.2, 0.25) is 0 Å². The Hall–Kier alpha value is -1.58. The van der Waals surface area contributed by atoms with Gasteiger partial charge in [-0.25, -0.2) is 0 Å². The summed E-state index contributed by atoms with van der Waals surface area (Å²) in [7, 11) is 0. The lowest BCUT2D eigenvalue weighted by atomic mass is 9.80. The summed E-state index contributed by atoms with van der Waals surface area (Å²) < 4.78 is 4.98. The summed E-state index contributed by atoms with van der Waals surface area (Å²) in [6.07, 6.45) is 3.09. The Balaban J connectivity index is 2.10. The minimum atomic E-state index is -0.689. The molecule has 1 aliphatic rings. The molecule has 0 unspecified atom stereocenters. The van der Waals surface area contributed by atoms with Crippen LogP contribution in [0.5, 0.6) is 0 Å². The topological polar surface area (TPSA) is 63.3 Å². The first kappa shape index (κ1) is 10.9. The molecule has 0 radical (unpaired) electrons. The summed E-state index contributed by atoms with van der Waals surface area (Å²) in [5.41, 5.74) is 1.36.